The van der Waals surface area contributed by atoms with Gasteiger partial charge < -0.3 is 15.8 Å². The molecule has 0 saturated carbocycles. The number of ether oxygens (including phenoxy) is 1. The number of anilines is 2. The fourth-order valence-corrected chi connectivity index (χ4v) is 1.77. The number of nitrogens with one attached hydrogen (secondary N) is 1. The van der Waals surface area contributed by atoms with Crippen molar-refractivity contribution < 1.29 is 14.3 Å². The van der Waals surface area contributed by atoms with E-state index in [0.29, 0.717) is 16.9 Å². The molecule has 0 heterocycles. The zero-order chi connectivity index (χ0) is 15.9. The monoisotopic (exact) mass is 296 g/mol. The van der Waals surface area contributed by atoms with Gasteiger partial charge >= 0.3 is 5.97 Å². The maximum Gasteiger partial charge on any atom is 0.337 e. The van der Waals surface area contributed by atoms with Crippen LogP contribution in [-0.4, -0.2) is 19.0 Å². The quantitative estimate of drug-likeness (QED) is 0.516. The van der Waals surface area contributed by atoms with Gasteiger partial charge in [-0.3, -0.25) is 4.79 Å². The molecule has 5 nitrogen and oxygen atoms in total. The molecule has 0 aliphatic carbocycles. The van der Waals surface area contributed by atoms with E-state index in [2.05, 4.69) is 10.1 Å². The van der Waals surface area contributed by atoms with E-state index in [1.165, 1.54) is 13.2 Å². The second-order valence-corrected chi connectivity index (χ2v) is 4.56. The van der Waals surface area contributed by atoms with Crippen LogP contribution in [0.15, 0.2) is 54.6 Å². The largest absolute Gasteiger partial charge is 0.465 e. The molecule has 2 aromatic carbocycles. The van der Waals surface area contributed by atoms with Crippen molar-refractivity contribution >= 4 is 29.3 Å². The SMILES string of the molecule is COC(=O)c1ccc(NC(=O)/C=C/c2ccc(N)cc2)cc1. The van der Waals surface area contributed by atoms with Crippen molar-refractivity contribution in [1.29, 1.82) is 0 Å². The van der Waals surface area contributed by atoms with Crippen LogP contribution < -0.4 is 11.1 Å². The molecule has 2 aromatic rings. The Morgan fingerprint density at radius 1 is 1.05 bits per heavy atom. The van der Waals surface area contributed by atoms with Gasteiger partial charge in [-0.05, 0) is 48.0 Å². The number of benzene rings is 2. The molecule has 0 aromatic heterocycles. The highest BCUT2D eigenvalue weighted by Crippen LogP contribution is 2.11. The number of nitrogen functional groups attached to an aromatic ring is 1. The number of methoxy groups -OCH3 is 1. The molecule has 1 amide bonds. The molecule has 0 aliphatic heterocycles. The van der Waals surface area contributed by atoms with Gasteiger partial charge in [0.15, 0.2) is 0 Å². The van der Waals surface area contributed by atoms with Crippen LogP contribution in [0.5, 0.6) is 0 Å². The number of rotatable bonds is 4. The van der Waals surface area contributed by atoms with E-state index in [1.54, 1.807) is 42.5 Å². The lowest BCUT2D eigenvalue weighted by Gasteiger charge is -2.03. The summed E-state index contributed by atoms with van der Waals surface area (Å²) in [5.74, 6) is -0.677. The van der Waals surface area contributed by atoms with Crippen LogP contribution in [-0.2, 0) is 9.53 Å². The third-order valence-electron chi connectivity index (χ3n) is 2.94. The lowest BCUT2D eigenvalue weighted by atomic mass is 10.2. The maximum absolute atomic E-state index is 11.8. The molecule has 3 N–H and O–H groups in total. The molecule has 0 radical (unpaired) electrons. The minimum Gasteiger partial charge on any atom is -0.465 e. The van der Waals surface area contributed by atoms with Gasteiger partial charge in [0.1, 0.15) is 0 Å². The Hall–Kier alpha value is -3.08. The first-order valence-corrected chi connectivity index (χ1v) is 6.61. The number of hydrogen-bond acceptors (Lipinski definition) is 4. The van der Waals surface area contributed by atoms with Crippen LogP contribution in [0.3, 0.4) is 0 Å². The summed E-state index contributed by atoms with van der Waals surface area (Å²) in [7, 11) is 1.32. The van der Waals surface area contributed by atoms with Gasteiger partial charge in [-0.15, -0.1) is 0 Å². The van der Waals surface area contributed by atoms with Gasteiger partial charge in [0.2, 0.25) is 5.91 Å². The highest BCUT2D eigenvalue weighted by molar-refractivity contribution is 6.02. The second kappa shape index (κ2) is 7.08. The average molecular weight is 296 g/mol. The third-order valence-corrected chi connectivity index (χ3v) is 2.94. The summed E-state index contributed by atoms with van der Waals surface area (Å²) >= 11 is 0. The zero-order valence-electron chi connectivity index (χ0n) is 12.1. The standard InChI is InChI=1S/C17H16N2O3/c1-22-17(21)13-5-9-15(10-6-13)19-16(20)11-4-12-2-7-14(18)8-3-12/h2-11H,18H2,1H3,(H,19,20)/b11-4+. The van der Waals surface area contributed by atoms with Crippen LogP contribution in [0.2, 0.25) is 0 Å². The van der Waals surface area contributed by atoms with Crippen LogP contribution in [0.4, 0.5) is 11.4 Å². The van der Waals surface area contributed by atoms with Gasteiger partial charge in [0.25, 0.3) is 0 Å². The Morgan fingerprint density at radius 2 is 1.68 bits per heavy atom. The van der Waals surface area contributed by atoms with Crippen LogP contribution in [0, 0.1) is 0 Å². The third kappa shape index (κ3) is 4.21. The summed E-state index contributed by atoms with van der Waals surface area (Å²) < 4.78 is 4.61. The number of nitrogens with two attached hydrogens (primary N) is 1. The van der Waals surface area contributed by atoms with Gasteiger partial charge in [-0.1, -0.05) is 12.1 Å². The molecule has 0 atom stereocenters. The molecule has 22 heavy (non-hydrogen) atoms. The van der Waals surface area contributed by atoms with E-state index < -0.39 is 5.97 Å². The molecule has 0 spiro atoms. The van der Waals surface area contributed by atoms with Crippen molar-refractivity contribution in [2.75, 3.05) is 18.2 Å². The topological polar surface area (TPSA) is 81.4 Å². The van der Waals surface area contributed by atoms with Gasteiger partial charge in [0, 0.05) is 17.5 Å². The van der Waals surface area contributed by atoms with Crippen molar-refractivity contribution in [3.05, 3.63) is 65.7 Å². The Balaban J connectivity index is 1.97. The highest BCUT2D eigenvalue weighted by Gasteiger charge is 2.05. The first-order valence-electron chi connectivity index (χ1n) is 6.61. The summed E-state index contributed by atoms with van der Waals surface area (Å²) in [6.07, 6.45) is 3.12. The molecule has 0 fully saturated rings. The summed E-state index contributed by atoms with van der Waals surface area (Å²) in [6, 6.07) is 13.6. The minimum absolute atomic E-state index is 0.261. The zero-order valence-corrected chi connectivity index (χ0v) is 12.1. The average Bonchev–Trinajstić information content (AvgIpc) is 2.54. The predicted octanol–water partition coefficient (Wildman–Crippen LogP) is 2.71. The van der Waals surface area contributed by atoms with Gasteiger partial charge in [-0.2, -0.15) is 0 Å². The smallest absolute Gasteiger partial charge is 0.337 e. The van der Waals surface area contributed by atoms with Crippen LogP contribution in [0.25, 0.3) is 6.08 Å². The number of amides is 1. The summed E-state index contributed by atoms with van der Waals surface area (Å²) in [5, 5.41) is 2.71. The summed E-state index contributed by atoms with van der Waals surface area (Å²) in [5.41, 5.74) is 8.17. The Kier molecular flexibility index (Phi) is 4.93. The Bertz CT molecular complexity index is 689. The van der Waals surface area contributed by atoms with E-state index in [1.807, 2.05) is 12.1 Å². The Morgan fingerprint density at radius 3 is 2.27 bits per heavy atom. The molecule has 0 saturated heterocycles. The van der Waals surface area contributed by atoms with E-state index in [4.69, 9.17) is 5.73 Å². The lowest BCUT2D eigenvalue weighted by Crippen LogP contribution is -2.08. The van der Waals surface area contributed by atoms with Gasteiger partial charge in [-0.25, -0.2) is 4.79 Å². The molecule has 5 heteroatoms. The van der Waals surface area contributed by atoms with Crippen LogP contribution >= 0.6 is 0 Å². The van der Waals surface area contributed by atoms with E-state index in [0.717, 1.165) is 5.56 Å². The van der Waals surface area contributed by atoms with Crippen molar-refractivity contribution in [2.45, 2.75) is 0 Å². The number of hydrogen-bond donors (Lipinski definition) is 2. The minimum atomic E-state index is -0.416. The normalized spacial score (nSPS) is 10.4. The fourth-order valence-electron chi connectivity index (χ4n) is 1.77. The van der Waals surface area contributed by atoms with Crippen LogP contribution in [0.1, 0.15) is 15.9 Å². The Labute approximate surface area is 128 Å². The first kappa shape index (κ1) is 15.3. The second-order valence-electron chi connectivity index (χ2n) is 4.56. The molecule has 0 aliphatic rings. The van der Waals surface area contributed by atoms with E-state index in [9.17, 15) is 9.59 Å². The van der Waals surface area contributed by atoms with E-state index >= 15 is 0 Å². The lowest BCUT2D eigenvalue weighted by molar-refractivity contribution is -0.111. The molecular weight excluding hydrogens is 280 g/mol. The first-order chi connectivity index (χ1) is 10.6. The van der Waals surface area contributed by atoms with Crippen molar-refractivity contribution in [1.82, 2.24) is 0 Å². The fraction of sp³-hybridized carbons (Fsp3) is 0.0588. The molecular formula is C17H16N2O3. The molecule has 2 rings (SSSR count). The number of esters is 1. The molecule has 0 unspecified atom stereocenters. The summed E-state index contributed by atoms with van der Waals surface area (Å²) in [6.45, 7) is 0. The van der Waals surface area contributed by atoms with Crippen molar-refractivity contribution in [2.24, 2.45) is 0 Å². The van der Waals surface area contributed by atoms with Gasteiger partial charge in [0.05, 0.1) is 12.7 Å². The predicted molar refractivity (Wildman–Crippen MR) is 86.3 cm³/mol. The van der Waals surface area contributed by atoms with E-state index in [-0.39, 0.29) is 5.91 Å². The molecule has 0 bridgehead atoms. The maximum atomic E-state index is 11.8. The number of carbonyl (C=O) groups excluding carboxylic acids is 2. The number of carbonyl (C=O) groups is 2. The highest BCUT2D eigenvalue weighted by atomic mass is 16.5. The molecule has 112 valence electrons. The van der Waals surface area contributed by atoms with Crippen molar-refractivity contribution in [3.8, 4) is 0 Å². The summed E-state index contributed by atoms with van der Waals surface area (Å²) in [4.78, 5) is 23.1. The van der Waals surface area contributed by atoms with Crippen molar-refractivity contribution in [3.63, 3.8) is 0 Å².